The van der Waals surface area contributed by atoms with Gasteiger partial charge >= 0.3 is 0 Å². The highest BCUT2D eigenvalue weighted by atomic mass is 32.2. The van der Waals surface area contributed by atoms with Crippen molar-refractivity contribution in [1.29, 1.82) is 0 Å². The van der Waals surface area contributed by atoms with Crippen LogP contribution in [-0.4, -0.2) is 31.0 Å². The van der Waals surface area contributed by atoms with Gasteiger partial charge in [-0.25, -0.2) is 0 Å². The highest BCUT2D eigenvalue weighted by molar-refractivity contribution is 7.98. The summed E-state index contributed by atoms with van der Waals surface area (Å²) >= 11 is 1.79. The van der Waals surface area contributed by atoms with Crippen LogP contribution in [0.1, 0.15) is 6.92 Å². The van der Waals surface area contributed by atoms with Crippen LogP contribution >= 0.6 is 11.8 Å². The van der Waals surface area contributed by atoms with E-state index in [4.69, 9.17) is 5.73 Å². The van der Waals surface area contributed by atoms with Crippen molar-refractivity contribution in [2.24, 2.45) is 11.7 Å². The minimum atomic E-state index is -0.0713. The maximum Gasteiger partial charge on any atom is 0.233 e. The molecule has 0 aromatic heterocycles. The summed E-state index contributed by atoms with van der Waals surface area (Å²) in [7, 11) is 0. The third-order valence-corrected chi connectivity index (χ3v) is 2.19. The molecule has 66 valence electrons. The molecule has 0 heterocycles. The van der Waals surface area contributed by atoms with Crippen molar-refractivity contribution in [3.05, 3.63) is 0 Å². The SMILES string of the molecule is CSCC(C)CNC(=O)CN. The molecule has 0 bridgehead atoms. The zero-order valence-corrected chi connectivity index (χ0v) is 7.91. The number of hydrogen-bond donors (Lipinski definition) is 2. The first kappa shape index (κ1) is 10.8. The Balaban J connectivity index is 3.29. The molecule has 0 aliphatic carbocycles. The molecule has 0 saturated carbocycles. The second-order valence-corrected chi connectivity index (χ2v) is 3.48. The minimum Gasteiger partial charge on any atom is -0.355 e. The monoisotopic (exact) mass is 176 g/mol. The van der Waals surface area contributed by atoms with Crippen molar-refractivity contribution >= 4 is 17.7 Å². The maximum absolute atomic E-state index is 10.7. The largest absolute Gasteiger partial charge is 0.355 e. The molecule has 0 fully saturated rings. The van der Waals surface area contributed by atoms with Gasteiger partial charge in [-0.1, -0.05) is 6.92 Å². The molecule has 1 amide bonds. The van der Waals surface area contributed by atoms with Gasteiger partial charge in [-0.15, -0.1) is 0 Å². The van der Waals surface area contributed by atoms with Crippen LogP contribution in [0, 0.1) is 5.92 Å². The summed E-state index contributed by atoms with van der Waals surface area (Å²) in [5, 5.41) is 2.74. The second kappa shape index (κ2) is 6.49. The lowest BCUT2D eigenvalue weighted by molar-refractivity contribution is -0.119. The summed E-state index contributed by atoms with van der Waals surface area (Å²) in [6.07, 6.45) is 2.06. The van der Waals surface area contributed by atoms with Gasteiger partial charge in [0.25, 0.3) is 0 Å². The van der Waals surface area contributed by atoms with Crippen molar-refractivity contribution in [2.45, 2.75) is 6.92 Å². The number of thioether (sulfide) groups is 1. The Labute approximate surface area is 72.1 Å². The van der Waals surface area contributed by atoms with Gasteiger partial charge in [0, 0.05) is 6.54 Å². The number of carbonyl (C=O) groups excluding carboxylic acids is 1. The zero-order chi connectivity index (χ0) is 8.69. The third kappa shape index (κ3) is 6.19. The second-order valence-electron chi connectivity index (χ2n) is 2.57. The molecule has 1 atom stereocenters. The van der Waals surface area contributed by atoms with E-state index >= 15 is 0 Å². The number of amides is 1. The first-order chi connectivity index (χ1) is 5.20. The Bertz CT molecular complexity index is 119. The van der Waals surface area contributed by atoms with Crippen molar-refractivity contribution in [1.82, 2.24) is 5.32 Å². The maximum atomic E-state index is 10.7. The first-order valence-electron chi connectivity index (χ1n) is 3.66. The molecule has 0 spiro atoms. The van der Waals surface area contributed by atoms with Gasteiger partial charge in [-0.3, -0.25) is 4.79 Å². The Hall–Kier alpha value is -0.220. The van der Waals surface area contributed by atoms with Gasteiger partial charge in [0.05, 0.1) is 6.54 Å². The summed E-state index contributed by atoms with van der Waals surface area (Å²) in [6, 6.07) is 0. The van der Waals surface area contributed by atoms with E-state index in [1.165, 1.54) is 0 Å². The summed E-state index contributed by atoms with van der Waals surface area (Å²) in [5.41, 5.74) is 5.11. The van der Waals surface area contributed by atoms with Gasteiger partial charge < -0.3 is 11.1 Å². The van der Waals surface area contributed by atoms with E-state index in [1.54, 1.807) is 11.8 Å². The standard InChI is InChI=1S/C7H16N2OS/c1-6(5-11-2)4-9-7(10)3-8/h6H,3-5,8H2,1-2H3,(H,9,10). The van der Waals surface area contributed by atoms with Crippen LogP contribution in [0.5, 0.6) is 0 Å². The quantitative estimate of drug-likeness (QED) is 0.623. The predicted octanol–water partition coefficient (Wildman–Crippen LogP) is 0.0604. The van der Waals surface area contributed by atoms with E-state index in [0.717, 1.165) is 12.3 Å². The number of nitrogens with two attached hydrogens (primary N) is 1. The molecule has 11 heavy (non-hydrogen) atoms. The predicted molar refractivity (Wildman–Crippen MR) is 49.6 cm³/mol. The van der Waals surface area contributed by atoms with Crippen LogP contribution in [0.2, 0.25) is 0 Å². The Morgan fingerprint density at radius 2 is 2.36 bits per heavy atom. The minimum absolute atomic E-state index is 0.0713. The number of carbonyl (C=O) groups is 1. The fourth-order valence-electron chi connectivity index (χ4n) is 0.704. The molecule has 0 aliphatic heterocycles. The lowest BCUT2D eigenvalue weighted by Gasteiger charge is -2.09. The number of hydrogen-bond acceptors (Lipinski definition) is 3. The Kier molecular flexibility index (Phi) is 6.36. The van der Waals surface area contributed by atoms with Crippen LogP contribution in [0.3, 0.4) is 0 Å². The molecular weight excluding hydrogens is 160 g/mol. The molecule has 0 radical (unpaired) electrons. The van der Waals surface area contributed by atoms with Crippen LogP contribution in [-0.2, 0) is 4.79 Å². The molecule has 0 aromatic rings. The van der Waals surface area contributed by atoms with Crippen molar-refractivity contribution in [2.75, 3.05) is 25.1 Å². The van der Waals surface area contributed by atoms with E-state index < -0.39 is 0 Å². The van der Waals surface area contributed by atoms with Crippen LogP contribution < -0.4 is 11.1 Å². The fourth-order valence-corrected chi connectivity index (χ4v) is 1.39. The normalized spacial score (nSPS) is 12.6. The van der Waals surface area contributed by atoms with Crippen molar-refractivity contribution in [3.63, 3.8) is 0 Å². The lowest BCUT2D eigenvalue weighted by Crippen LogP contribution is -2.33. The molecule has 1 unspecified atom stereocenters. The highest BCUT2D eigenvalue weighted by Gasteiger charge is 2.02. The summed E-state index contributed by atoms with van der Waals surface area (Å²) in [4.78, 5) is 10.7. The van der Waals surface area contributed by atoms with Crippen molar-refractivity contribution in [3.8, 4) is 0 Å². The van der Waals surface area contributed by atoms with Crippen LogP contribution in [0.25, 0.3) is 0 Å². The van der Waals surface area contributed by atoms with Crippen molar-refractivity contribution < 1.29 is 4.79 Å². The fraction of sp³-hybridized carbons (Fsp3) is 0.857. The number of rotatable bonds is 5. The number of nitrogens with one attached hydrogen (secondary N) is 1. The Morgan fingerprint density at radius 1 is 1.73 bits per heavy atom. The van der Waals surface area contributed by atoms with Crippen LogP contribution in [0.15, 0.2) is 0 Å². The molecule has 0 aromatic carbocycles. The van der Waals surface area contributed by atoms with E-state index in [2.05, 4.69) is 18.5 Å². The van der Waals surface area contributed by atoms with Gasteiger partial charge in [-0.05, 0) is 17.9 Å². The highest BCUT2D eigenvalue weighted by Crippen LogP contribution is 2.01. The van der Waals surface area contributed by atoms with E-state index in [-0.39, 0.29) is 12.5 Å². The summed E-state index contributed by atoms with van der Waals surface area (Å²) in [5.74, 6) is 1.53. The average Bonchev–Trinajstić information content (AvgIpc) is 2.01. The van der Waals surface area contributed by atoms with E-state index in [9.17, 15) is 4.79 Å². The van der Waals surface area contributed by atoms with E-state index in [0.29, 0.717) is 5.92 Å². The van der Waals surface area contributed by atoms with Gasteiger partial charge in [-0.2, -0.15) is 11.8 Å². The molecular formula is C7H16N2OS. The average molecular weight is 176 g/mol. The smallest absolute Gasteiger partial charge is 0.233 e. The van der Waals surface area contributed by atoms with Gasteiger partial charge in [0.1, 0.15) is 0 Å². The lowest BCUT2D eigenvalue weighted by atomic mass is 10.2. The third-order valence-electron chi connectivity index (χ3n) is 1.28. The molecule has 0 aliphatic rings. The molecule has 3 nitrogen and oxygen atoms in total. The first-order valence-corrected chi connectivity index (χ1v) is 5.05. The van der Waals surface area contributed by atoms with Crippen LogP contribution in [0.4, 0.5) is 0 Å². The summed E-state index contributed by atoms with van der Waals surface area (Å²) < 4.78 is 0. The summed E-state index contributed by atoms with van der Waals surface area (Å²) in [6.45, 7) is 2.93. The van der Waals surface area contributed by atoms with E-state index in [1.807, 2.05) is 0 Å². The Morgan fingerprint density at radius 3 is 2.82 bits per heavy atom. The zero-order valence-electron chi connectivity index (χ0n) is 7.09. The van der Waals surface area contributed by atoms with Gasteiger partial charge in [0.2, 0.25) is 5.91 Å². The molecule has 3 N–H and O–H groups in total. The van der Waals surface area contributed by atoms with Gasteiger partial charge in [0.15, 0.2) is 0 Å². The molecule has 0 saturated heterocycles. The molecule has 0 rings (SSSR count). The molecule has 4 heteroatoms. The topological polar surface area (TPSA) is 55.1 Å².